The molecule has 0 radical (unpaired) electrons. The van der Waals surface area contributed by atoms with Crippen LogP contribution in [0.4, 0.5) is 17.1 Å². The smallest absolute Gasteiger partial charge is 0.0468 e. The standard InChI is InChI=1S/C54H37N/c1-3-13-40(14-4-1)50-21-11-19-42-28-34-49(37-53(42)50)55(47-30-24-39(25-31-47)46-23-22-38-12-7-8-18-45(38)36-46)48-32-26-43(27-33-48)52-35-29-41-15-9-10-20-51(41)54(52)44-16-5-2-6-17-44/h1-37H. The Morgan fingerprint density at radius 3 is 1.49 bits per heavy atom. The lowest BCUT2D eigenvalue weighted by Crippen LogP contribution is -2.10. The molecule has 0 aliphatic rings. The van der Waals surface area contributed by atoms with Crippen LogP contribution in [0.25, 0.3) is 76.8 Å². The Labute approximate surface area is 322 Å². The normalized spacial score (nSPS) is 11.3. The predicted molar refractivity (Wildman–Crippen MR) is 235 cm³/mol. The van der Waals surface area contributed by atoms with Gasteiger partial charge in [0.1, 0.15) is 0 Å². The molecule has 55 heavy (non-hydrogen) atoms. The number of anilines is 3. The van der Waals surface area contributed by atoms with E-state index in [-0.39, 0.29) is 0 Å². The molecular formula is C54H37N. The quantitative estimate of drug-likeness (QED) is 0.160. The second-order valence-corrected chi connectivity index (χ2v) is 14.1. The fourth-order valence-corrected chi connectivity index (χ4v) is 8.11. The van der Waals surface area contributed by atoms with E-state index in [1.807, 2.05) is 0 Å². The molecule has 0 spiro atoms. The summed E-state index contributed by atoms with van der Waals surface area (Å²) in [5.41, 5.74) is 13.0. The summed E-state index contributed by atoms with van der Waals surface area (Å²) >= 11 is 0. The van der Waals surface area contributed by atoms with Gasteiger partial charge in [-0.15, -0.1) is 0 Å². The van der Waals surface area contributed by atoms with Crippen molar-refractivity contribution >= 4 is 49.4 Å². The van der Waals surface area contributed by atoms with Crippen LogP contribution in [0, 0.1) is 0 Å². The first kappa shape index (κ1) is 32.4. The molecule has 0 aromatic heterocycles. The van der Waals surface area contributed by atoms with Crippen molar-refractivity contribution in [1.29, 1.82) is 0 Å². The van der Waals surface area contributed by atoms with Gasteiger partial charge in [0.25, 0.3) is 0 Å². The summed E-state index contributed by atoms with van der Waals surface area (Å²) in [4.78, 5) is 2.38. The molecule has 0 aliphatic heterocycles. The number of hydrogen-bond donors (Lipinski definition) is 0. The van der Waals surface area contributed by atoms with Crippen molar-refractivity contribution in [2.75, 3.05) is 4.90 Å². The summed E-state index contributed by atoms with van der Waals surface area (Å²) in [6.45, 7) is 0. The van der Waals surface area contributed by atoms with Crippen LogP contribution >= 0.6 is 0 Å². The largest absolute Gasteiger partial charge is 0.310 e. The third-order valence-electron chi connectivity index (χ3n) is 10.8. The SMILES string of the molecule is c1ccc(-c2cccc3ccc(N(c4ccc(-c5ccc6ccccc6c5)cc4)c4ccc(-c5ccc6ccccc6c5-c5ccccc5)cc4)cc23)cc1. The lowest BCUT2D eigenvalue weighted by Gasteiger charge is -2.27. The Hall–Kier alpha value is -7.22. The maximum atomic E-state index is 2.38. The van der Waals surface area contributed by atoms with Gasteiger partial charge in [0.2, 0.25) is 0 Å². The van der Waals surface area contributed by atoms with Crippen molar-refractivity contribution < 1.29 is 0 Å². The zero-order valence-corrected chi connectivity index (χ0v) is 30.3. The Morgan fingerprint density at radius 2 is 0.745 bits per heavy atom. The Balaban J connectivity index is 1.10. The van der Waals surface area contributed by atoms with Gasteiger partial charge in [0.05, 0.1) is 0 Å². The average Bonchev–Trinajstić information content (AvgIpc) is 3.27. The highest BCUT2D eigenvalue weighted by Crippen LogP contribution is 2.42. The highest BCUT2D eigenvalue weighted by molar-refractivity contribution is 6.04. The molecule has 0 aliphatic carbocycles. The molecule has 1 heteroatoms. The Morgan fingerprint density at radius 1 is 0.236 bits per heavy atom. The predicted octanol–water partition coefficient (Wildman–Crippen LogP) is 15.3. The minimum atomic E-state index is 1.10. The van der Waals surface area contributed by atoms with Crippen LogP contribution in [0.15, 0.2) is 224 Å². The van der Waals surface area contributed by atoms with Crippen molar-refractivity contribution in [2.45, 2.75) is 0 Å². The third-order valence-corrected chi connectivity index (χ3v) is 10.8. The minimum absolute atomic E-state index is 1.10. The third kappa shape index (κ3) is 6.12. The van der Waals surface area contributed by atoms with E-state index in [1.165, 1.54) is 76.8 Å². The van der Waals surface area contributed by atoms with Crippen LogP contribution in [0.3, 0.4) is 0 Å². The van der Waals surface area contributed by atoms with Crippen LogP contribution < -0.4 is 4.90 Å². The van der Waals surface area contributed by atoms with Crippen molar-refractivity contribution in [3.05, 3.63) is 224 Å². The summed E-state index contributed by atoms with van der Waals surface area (Å²) in [5.74, 6) is 0. The van der Waals surface area contributed by atoms with Gasteiger partial charge < -0.3 is 4.90 Å². The molecule has 0 atom stereocenters. The van der Waals surface area contributed by atoms with Crippen LogP contribution in [0.2, 0.25) is 0 Å². The van der Waals surface area contributed by atoms with E-state index in [2.05, 4.69) is 229 Å². The van der Waals surface area contributed by atoms with Gasteiger partial charge in [-0.05, 0) is 119 Å². The zero-order chi connectivity index (χ0) is 36.6. The Kier molecular flexibility index (Phi) is 8.24. The van der Waals surface area contributed by atoms with E-state index in [1.54, 1.807) is 0 Å². The first-order valence-corrected chi connectivity index (χ1v) is 18.9. The lowest BCUT2D eigenvalue weighted by molar-refractivity contribution is 1.29. The van der Waals surface area contributed by atoms with Gasteiger partial charge >= 0.3 is 0 Å². The Bertz CT molecular complexity index is 2950. The zero-order valence-electron chi connectivity index (χ0n) is 30.3. The molecule has 10 aromatic carbocycles. The van der Waals surface area contributed by atoms with Crippen LogP contribution in [-0.4, -0.2) is 0 Å². The molecular weight excluding hydrogens is 663 g/mol. The van der Waals surface area contributed by atoms with Gasteiger partial charge in [0, 0.05) is 17.1 Å². The molecule has 10 aromatic rings. The maximum absolute atomic E-state index is 2.38. The minimum Gasteiger partial charge on any atom is -0.310 e. The highest BCUT2D eigenvalue weighted by atomic mass is 15.1. The summed E-state index contributed by atoms with van der Waals surface area (Å²) in [5, 5.41) is 7.45. The molecule has 0 bridgehead atoms. The van der Waals surface area contributed by atoms with Gasteiger partial charge in [-0.1, -0.05) is 182 Å². The molecule has 0 amide bonds. The van der Waals surface area contributed by atoms with Gasteiger partial charge in [0.15, 0.2) is 0 Å². The molecule has 0 N–H and O–H groups in total. The number of rotatable bonds is 7. The maximum Gasteiger partial charge on any atom is 0.0468 e. The monoisotopic (exact) mass is 699 g/mol. The van der Waals surface area contributed by atoms with Gasteiger partial charge in [-0.2, -0.15) is 0 Å². The van der Waals surface area contributed by atoms with E-state index in [0.717, 1.165) is 17.1 Å². The molecule has 10 rings (SSSR count). The van der Waals surface area contributed by atoms with Crippen molar-refractivity contribution in [2.24, 2.45) is 0 Å². The van der Waals surface area contributed by atoms with Crippen LogP contribution in [-0.2, 0) is 0 Å². The molecule has 258 valence electrons. The molecule has 1 nitrogen and oxygen atoms in total. The van der Waals surface area contributed by atoms with Gasteiger partial charge in [-0.25, -0.2) is 0 Å². The number of benzene rings is 10. The van der Waals surface area contributed by atoms with E-state index in [9.17, 15) is 0 Å². The van der Waals surface area contributed by atoms with Gasteiger partial charge in [-0.3, -0.25) is 0 Å². The fraction of sp³-hybridized carbons (Fsp3) is 0. The highest BCUT2D eigenvalue weighted by Gasteiger charge is 2.17. The molecule has 0 heterocycles. The van der Waals surface area contributed by atoms with E-state index >= 15 is 0 Å². The lowest BCUT2D eigenvalue weighted by atomic mass is 9.90. The topological polar surface area (TPSA) is 3.24 Å². The number of hydrogen-bond acceptors (Lipinski definition) is 1. The molecule has 0 saturated carbocycles. The van der Waals surface area contributed by atoms with Crippen LogP contribution in [0.5, 0.6) is 0 Å². The molecule has 0 saturated heterocycles. The summed E-state index contributed by atoms with van der Waals surface area (Å²) in [7, 11) is 0. The number of nitrogens with zero attached hydrogens (tertiary/aromatic N) is 1. The summed E-state index contributed by atoms with van der Waals surface area (Å²) in [6, 6.07) is 81.5. The second-order valence-electron chi connectivity index (χ2n) is 14.1. The summed E-state index contributed by atoms with van der Waals surface area (Å²) < 4.78 is 0. The van der Waals surface area contributed by atoms with Crippen molar-refractivity contribution in [1.82, 2.24) is 0 Å². The fourth-order valence-electron chi connectivity index (χ4n) is 8.11. The number of fused-ring (bicyclic) bond motifs is 3. The average molecular weight is 700 g/mol. The second kappa shape index (κ2) is 14.0. The first-order valence-electron chi connectivity index (χ1n) is 18.9. The molecule has 0 unspecified atom stereocenters. The van der Waals surface area contributed by atoms with E-state index in [4.69, 9.17) is 0 Å². The van der Waals surface area contributed by atoms with Crippen molar-refractivity contribution in [3.63, 3.8) is 0 Å². The first-order chi connectivity index (χ1) is 27.3. The van der Waals surface area contributed by atoms with E-state index < -0.39 is 0 Å². The summed E-state index contributed by atoms with van der Waals surface area (Å²) in [6.07, 6.45) is 0. The van der Waals surface area contributed by atoms with Crippen LogP contribution in [0.1, 0.15) is 0 Å². The molecule has 0 fully saturated rings. The van der Waals surface area contributed by atoms with Crippen molar-refractivity contribution in [3.8, 4) is 44.5 Å². The van der Waals surface area contributed by atoms with E-state index in [0.29, 0.717) is 0 Å².